The average molecular weight is 263 g/mol. The van der Waals surface area contributed by atoms with Crippen LogP contribution in [0.4, 0.5) is 0 Å². The number of carbonyl (C=O) groups excluding carboxylic acids is 1. The summed E-state index contributed by atoms with van der Waals surface area (Å²) in [6.45, 7) is 10.7. The molecule has 0 fully saturated rings. The molecule has 7 nitrogen and oxygen atoms in total. The average Bonchev–Trinajstić information content (AvgIpc) is 2.27. The van der Waals surface area contributed by atoms with Gasteiger partial charge in [-0.2, -0.15) is 0 Å². The molecule has 0 aliphatic rings. The number of amides is 1. The molecule has 2 N–H and O–H groups in total. The summed E-state index contributed by atoms with van der Waals surface area (Å²) in [5.41, 5.74) is 0. The van der Waals surface area contributed by atoms with Crippen molar-refractivity contribution in [3.8, 4) is 0 Å². The largest absolute Gasteiger partial charge is 1.00 e. The Bertz CT molecular complexity index is 378. The van der Waals surface area contributed by atoms with Crippen LogP contribution in [0.1, 0.15) is 20.8 Å². The van der Waals surface area contributed by atoms with Gasteiger partial charge in [0.1, 0.15) is 12.1 Å². The summed E-state index contributed by atoms with van der Waals surface area (Å²) >= 11 is 0. The van der Waals surface area contributed by atoms with Gasteiger partial charge in [0.2, 0.25) is 11.9 Å². The van der Waals surface area contributed by atoms with E-state index in [0.29, 0.717) is 0 Å². The molecule has 0 radical (unpaired) electrons. The number of aliphatic imine (C=N–C) groups is 1. The Kier molecular flexibility index (Phi) is 9.53. The topological polar surface area (TPSA) is 106 Å². The first-order valence-electron chi connectivity index (χ1n) is 4.94. The van der Waals surface area contributed by atoms with E-state index in [0.717, 1.165) is 0 Å². The third-order valence-electron chi connectivity index (χ3n) is 1.98. The van der Waals surface area contributed by atoms with Gasteiger partial charge in [-0.25, -0.2) is 6.57 Å². The van der Waals surface area contributed by atoms with Crippen LogP contribution in [0.25, 0.3) is 4.85 Å². The Morgan fingerprint density at radius 2 is 1.89 bits per heavy atom. The molecular formula is C10H14N3NaO4. The molecular weight excluding hydrogens is 249 g/mol. The summed E-state index contributed by atoms with van der Waals surface area (Å²) in [5, 5.41) is 22.0. The van der Waals surface area contributed by atoms with Gasteiger partial charge >= 0.3 is 35.5 Å². The molecule has 0 aromatic rings. The maximum atomic E-state index is 11.4. The van der Waals surface area contributed by atoms with Gasteiger partial charge < -0.3 is 20.4 Å². The maximum Gasteiger partial charge on any atom is 1.00 e. The van der Waals surface area contributed by atoms with Gasteiger partial charge in [0, 0.05) is 12.8 Å². The SMILES string of the molecule is [C-]#[N+][C@@H](C)C([O-])=N[C@@H](C)C(=O)N[C@@H](C)C(=O)O.[Na+]. The van der Waals surface area contributed by atoms with Gasteiger partial charge in [-0.1, -0.05) is 0 Å². The first kappa shape index (κ1) is 19.2. The van der Waals surface area contributed by atoms with Crippen molar-refractivity contribution in [3.63, 3.8) is 0 Å². The van der Waals surface area contributed by atoms with Gasteiger partial charge in [0.25, 0.3) is 0 Å². The van der Waals surface area contributed by atoms with Crippen molar-refractivity contribution in [2.24, 2.45) is 4.99 Å². The maximum absolute atomic E-state index is 11.4. The molecule has 18 heavy (non-hydrogen) atoms. The number of carboxylic acid groups (broad SMARTS) is 1. The zero-order valence-electron chi connectivity index (χ0n) is 10.8. The van der Waals surface area contributed by atoms with Crippen molar-refractivity contribution < 1.29 is 49.4 Å². The fraction of sp³-hybridized carbons (Fsp3) is 0.600. The monoisotopic (exact) mass is 263 g/mol. The molecule has 0 saturated heterocycles. The second-order valence-electron chi connectivity index (χ2n) is 3.52. The van der Waals surface area contributed by atoms with E-state index in [1.807, 2.05) is 0 Å². The minimum absolute atomic E-state index is 0. The Labute approximate surface area is 127 Å². The zero-order chi connectivity index (χ0) is 13.6. The molecule has 0 bridgehead atoms. The summed E-state index contributed by atoms with van der Waals surface area (Å²) in [6, 6.07) is -2.98. The predicted octanol–water partition coefficient (Wildman–Crippen LogP) is -3.97. The van der Waals surface area contributed by atoms with E-state index in [1.165, 1.54) is 20.8 Å². The van der Waals surface area contributed by atoms with Crippen LogP contribution in [0.15, 0.2) is 4.99 Å². The number of rotatable bonds is 5. The fourth-order valence-electron chi connectivity index (χ4n) is 0.808. The van der Waals surface area contributed by atoms with Crippen molar-refractivity contribution in [1.29, 1.82) is 0 Å². The molecule has 0 aliphatic carbocycles. The minimum atomic E-state index is -1.17. The number of aliphatic carboxylic acids is 1. The van der Waals surface area contributed by atoms with Crippen LogP contribution in [-0.4, -0.2) is 41.0 Å². The second kappa shape index (κ2) is 8.91. The first-order valence-corrected chi connectivity index (χ1v) is 4.94. The van der Waals surface area contributed by atoms with E-state index in [4.69, 9.17) is 11.7 Å². The van der Waals surface area contributed by atoms with Crippen LogP contribution < -0.4 is 40.0 Å². The van der Waals surface area contributed by atoms with Crippen LogP contribution >= 0.6 is 0 Å². The molecule has 94 valence electrons. The number of carboxylic acids is 1. The molecule has 0 spiro atoms. The summed E-state index contributed by atoms with van der Waals surface area (Å²) < 4.78 is 0. The van der Waals surface area contributed by atoms with Gasteiger partial charge in [-0.3, -0.25) is 14.6 Å². The molecule has 0 saturated carbocycles. The molecule has 1 amide bonds. The second-order valence-corrected chi connectivity index (χ2v) is 3.52. The van der Waals surface area contributed by atoms with E-state index < -0.39 is 35.9 Å². The summed E-state index contributed by atoms with van der Waals surface area (Å²) in [5.74, 6) is -2.53. The number of nitrogens with one attached hydrogen (secondary N) is 1. The summed E-state index contributed by atoms with van der Waals surface area (Å²) in [7, 11) is 0. The Morgan fingerprint density at radius 1 is 1.39 bits per heavy atom. The van der Waals surface area contributed by atoms with E-state index in [1.54, 1.807) is 0 Å². The van der Waals surface area contributed by atoms with Crippen LogP contribution in [0, 0.1) is 6.57 Å². The fourth-order valence-corrected chi connectivity index (χ4v) is 0.808. The molecule has 0 aliphatic heterocycles. The molecule has 0 aromatic heterocycles. The predicted molar refractivity (Wildman–Crippen MR) is 58.2 cm³/mol. The molecule has 0 unspecified atom stereocenters. The standard InChI is InChI=1S/C10H15N3O4.Na/c1-5(11-4)8(14)12-6(2)9(15)13-7(3)10(16)17;/h5-7H,1-3H3,(H,12,14)(H,13,15)(H,16,17);/q;+1/p-1/t5-,6-,7-;/m0./s1. The Morgan fingerprint density at radius 3 is 2.28 bits per heavy atom. The summed E-state index contributed by atoms with van der Waals surface area (Å²) in [4.78, 5) is 28.4. The third kappa shape index (κ3) is 6.59. The Hall–Kier alpha value is -1.10. The third-order valence-corrected chi connectivity index (χ3v) is 1.98. The van der Waals surface area contributed by atoms with Gasteiger partial charge in [-0.15, -0.1) is 0 Å². The molecule has 8 heteroatoms. The molecule has 0 aromatic carbocycles. The number of nitrogens with zero attached hydrogens (tertiary/aromatic N) is 2. The van der Waals surface area contributed by atoms with Crippen molar-refractivity contribution in [2.75, 3.05) is 0 Å². The zero-order valence-corrected chi connectivity index (χ0v) is 12.8. The van der Waals surface area contributed by atoms with Crippen LogP contribution in [0.5, 0.6) is 0 Å². The van der Waals surface area contributed by atoms with Crippen molar-refractivity contribution >= 4 is 17.8 Å². The van der Waals surface area contributed by atoms with E-state index in [2.05, 4.69) is 15.2 Å². The van der Waals surface area contributed by atoms with Crippen molar-refractivity contribution in [3.05, 3.63) is 11.4 Å². The van der Waals surface area contributed by atoms with Crippen LogP contribution in [0.2, 0.25) is 0 Å². The summed E-state index contributed by atoms with van der Waals surface area (Å²) in [6.07, 6.45) is 0. The number of hydrogen-bond donors (Lipinski definition) is 2. The van der Waals surface area contributed by atoms with Crippen molar-refractivity contribution in [1.82, 2.24) is 5.32 Å². The quantitative estimate of drug-likeness (QED) is 0.228. The minimum Gasteiger partial charge on any atom is -0.857 e. The Balaban J connectivity index is 0. The number of carbonyl (C=O) groups is 2. The molecule has 0 rings (SSSR count). The van der Waals surface area contributed by atoms with E-state index >= 15 is 0 Å². The number of hydrogen-bond acceptors (Lipinski definition) is 4. The van der Waals surface area contributed by atoms with Crippen LogP contribution in [-0.2, 0) is 9.59 Å². The van der Waals surface area contributed by atoms with E-state index in [-0.39, 0.29) is 29.6 Å². The van der Waals surface area contributed by atoms with E-state index in [9.17, 15) is 14.7 Å². The van der Waals surface area contributed by atoms with Gasteiger partial charge in [-0.05, 0) is 13.8 Å². The normalized spacial score (nSPS) is 15.6. The molecule has 3 atom stereocenters. The molecule has 0 heterocycles. The smallest absolute Gasteiger partial charge is 0.857 e. The van der Waals surface area contributed by atoms with Crippen LogP contribution in [0.3, 0.4) is 0 Å². The first-order chi connectivity index (χ1) is 7.79. The van der Waals surface area contributed by atoms with Gasteiger partial charge in [0.15, 0.2) is 0 Å². The van der Waals surface area contributed by atoms with Crippen molar-refractivity contribution in [2.45, 2.75) is 38.9 Å². The van der Waals surface area contributed by atoms with Gasteiger partial charge in [0.05, 0.1) is 0 Å².